The second-order valence-electron chi connectivity index (χ2n) is 5.18. The van der Waals surface area contributed by atoms with Crippen LogP contribution in [0.3, 0.4) is 0 Å². The van der Waals surface area contributed by atoms with E-state index >= 15 is 0 Å². The fourth-order valence-electron chi connectivity index (χ4n) is 2.22. The van der Waals surface area contributed by atoms with Crippen molar-refractivity contribution in [1.29, 1.82) is 0 Å². The first-order chi connectivity index (χ1) is 11.3. The Hall–Kier alpha value is -1.44. The molecule has 0 aromatic heterocycles. The molecule has 0 saturated heterocycles. The lowest BCUT2D eigenvalue weighted by Crippen LogP contribution is -2.34. The number of carbonyl (C=O) groups is 1. The van der Waals surface area contributed by atoms with Gasteiger partial charge in [0.2, 0.25) is 0 Å². The molecule has 0 fully saturated rings. The van der Waals surface area contributed by atoms with Crippen LogP contribution in [0.5, 0.6) is 5.75 Å². The van der Waals surface area contributed by atoms with Gasteiger partial charge >= 0.3 is 0 Å². The molecule has 0 atom stereocenters. The second-order valence-corrected chi connectivity index (χ2v) is 7.35. The van der Waals surface area contributed by atoms with Crippen LogP contribution in [0.25, 0.3) is 0 Å². The average Bonchev–Trinajstić information content (AvgIpc) is 2.50. The van der Waals surface area contributed by atoms with Gasteiger partial charge in [-0.05, 0) is 67.5 Å². The van der Waals surface area contributed by atoms with E-state index in [0.717, 1.165) is 25.8 Å². The summed E-state index contributed by atoms with van der Waals surface area (Å²) in [7, 11) is 1.54. The summed E-state index contributed by atoms with van der Waals surface area (Å²) in [5, 5.41) is 5.90. The van der Waals surface area contributed by atoms with E-state index in [1.165, 1.54) is 7.11 Å². The van der Waals surface area contributed by atoms with Crippen LogP contribution in [0.15, 0.2) is 39.3 Å². The van der Waals surface area contributed by atoms with Gasteiger partial charge in [-0.25, -0.2) is 0 Å². The number of amides is 1. The Balaban J connectivity index is 2.14. The number of benzene rings is 2. The Labute approximate surface area is 163 Å². The van der Waals surface area contributed by atoms with E-state index in [1.54, 1.807) is 6.07 Å². The third-order valence-electron chi connectivity index (χ3n) is 3.33. The number of nitrogens with one attached hydrogen (secondary N) is 2. The second kappa shape index (κ2) is 8.09. The zero-order valence-electron chi connectivity index (χ0n) is 13.4. The number of anilines is 1. The van der Waals surface area contributed by atoms with Crippen LogP contribution in [-0.2, 0) is 0 Å². The molecule has 0 saturated carbocycles. The monoisotopic (exact) mass is 470 g/mol. The Morgan fingerprint density at radius 2 is 1.83 bits per heavy atom. The minimum Gasteiger partial charge on any atom is -0.496 e. The molecule has 0 heterocycles. The number of rotatable bonds is 3. The molecular formula is C17H16Br2N2O2S. The minimum absolute atomic E-state index is 0.224. The summed E-state index contributed by atoms with van der Waals surface area (Å²) < 4.78 is 7.14. The van der Waals surface area contributed by atoms with Gasteiger partial charge in [0.1, 0.15) is 5.75 Å². The maximum atomic E-state index is 12.5. The number of hydrogen-bond acceptors (Lipinski definition) is 3. The van der Waals surface area contributed by atoms with Gasteiger partial charge in [-0.2, -0.15) is 0 Å². The van der Waals surface area contributed by atoms with Crippen molar-refractivity contribution in [3.63, 3.8) is 0 Å². The number of thiocarbonyl (C=S) groups is 1. The van der Waals surface area contributed by atoms with Gasteiger partial charge in [0.25, 0.3) is 5.91 Å². The SMILES string of the molecule is COc1c(C)cc(Br)cc1C(=O)NC(=S)Nc1ccc(Br)c(C)c1. The largest absolute Gasteiger partial charge is 0.496 e. The molecule has 2 aromatic rings. The Morgan fingerprint density at radius 1 is 1.12 bits per heavy atom. The van der Waals surface area contributed by atoms with Crippen LogP contribution in [0.1, 0.15) is 21.5 Å². The standard InChI is InChI=1S/C17H16Br2N2O2S/c1-9-7-12(4-5-14(9)19)20-17(24)21-16(22)13-8-11(18)6-10(2)15(13)23-3/h4-8H,1-3H3,(H2,20,21,22,24). The minimum atomic E-state index is -0.331. The summed E-state index contributed by atoms with van der Waals surface area (Å²) in [6, 6.07) is 9.32. The molecule has 0 bridgehead atoms. The Morgan fingerprint density at radius 3 is 2.46 bits per heavy atom. The quantitative estimate of drug-likeness (QED) is 0.621. The number of carbonyl (C=O) groups excluding carboxylic acids is 1. The van der Waals surface area contributed by atoms with Gasteiger partial charge in [-0.1, -0.05) is 31.9 Å². The van der Waals surface area contributed by atoms with Crippen molar-refractivity contribution >= 4 is 60.8 Å². The number of hydrogen-bond donors (Lipinski definition) is 2. The lowest BCUT2D eigenvalue weighted by molar-refractivity contribution is 0.0974. The molecule has 0 aliphatic rings. The van der Waals surface area contributed by atoms with Crippen LogP contribution >= 0.6 is 44.1 Å². The smallest absolute Gasteiger partial charge is 0.261 e. The molecule has 0 aliphatic carbocycles. The zero-order chi connectivity index (χ0) is 17.9. The maximum Gasteiger partial charge on any atom is 0.261 e. The molecule has 2 N–H and O–H groups in total. The molecule has 0 aliphatic heterocycles. The molecule has 126 valence electrons. The van der Waals surface area contributed by atoms with Crippen molar-refractivity contribution in [2.75, 3.05) is 12.4 Å². The molecule has 0 spiro atoms. The first kappa shape index (κ1) is 18.9. The first-order valence-electron chi connectivity index (χ1n) is 7.04. The normalized spacial score (nSPS) is 10.2. The third-order valence-corrected chi connectivity index (χ3v) is 4.88. The molecule has 2 aromatic carbocycles. The predicted molar refractivity (Wildman–Crippen MR) is 108 cm³/mol. The third kappa shape index (κ3) is 4.55. The highest BCUT2D eigenvalue weighted by atomic mass is 79.9. The Kier molecular flexibility index (Phi) is 6.37. The van der Waals surface area contributed by atoms with Gasteiger partial charge in [0.05, 0.1) is 12.7 Å². The van der Waals surface area contributed by atoms with Gasteiger partial charge in [-0.15, -0.1) is 0 Å². The highest BCUT2D eigenvalue weighted by Gasteiger charge is 2.16. The van der Waals surface area contributed by atoms with Gasteiger partial charge in [0.15, 0.2) is 5.11 Å². The van der Waals surface area contributed by atoms with Gasteiger partial charge in [-0.3, -0.25) is 10.1 Å². The average molecular weight is 472 g/mol. The fourth-order valence-corrected chi connectivity index (χ4v) is 3.25. The van der Waals surface area contributed by atoms with Crippen molar-refractivity contribution in [3.8, 4) is 5.75 Å². The van der Waals surface area contributed by atoms with E-state index in [0.29, 0.717) is 11.3 Å². The number of ether oxygens (including phenoxy) is 1. The molecule has 7 heteroatoms. The lowest BCUT2D eigenvalue weighted by atomic mass is 10.1. The van der Waals surface area contributed by atoms with Crippen LogP contribution in [0.2, 0.25) is 0 Å². The first-order valence-corrected chi connectivity index (χ1v) is 9.04. The molecule has 4 nitrogen and oxygen atoms in total. The van der Waals surface area contributed by atoms with Crippen LogP contribution < -0.4 is 15.4 Å². The van der Waals surface area contributed by atoms with E-state index in [9.17, 15) is 4.79 Å². The molecule has 1 amide bonds. The van der Waals surface area contributed by atoms with Crippen molar-refractivity contribution in [1.82, 2.24) is 5.32 Å². The van der Waals surface area contributed by atoms with E-state index in [1.807, 2.05) is 38.1 Å². The molecule has 0 radical (unpaired) electrons. The molecular weight excluding hydrogens is 456 g/mol. The van der Waals surface area contributed by atoms with Crippen LogP contribution in [0, 0.1) is 13.8 Å². The Bertz CT molecular complexity index is 809. The van der Waals surface area contributed by atoms with E-state index in [2.05, 4.69) is 42.5 Å². The van der Waals surface area contributed by atoms with Crippen molar-refractivity contribution in [2.24, 2.45) is 0 Å². The molecule has 24 heavy (non-hydrogen) atoms. The van der Waals surface area contributed by atoms with Gasteiger partial charge in [0, 0.05) is 14.6 Å². The molecule has 2 rings (SSSR count). The van der Waals surface area contributed by atoms with Crippen LogP contribution in [0.4, 0.5) is 5.69 Å². The van der Waals surface area contributed by atoms with Crippen LogP contribution in [-0.4, -0.2) is 18.1 Å². The number of methoxy groups -OCH3 is 1. The summed E-state index contributed by atoms with van der Waals surface area (Å²) in [6.07, 6.45) is 0. The summed E-state index contributed by atoms with van der Waals surface area (Å²) in [6.45, 7) is 3.85. The predicted octanol–water partition coefficient (Wildman–Crippen LogP) is 4.96. The number of halogens is 2. The van der Waals surface area contributed by atoms with Crippen molar-refractivity contribution in [2.45, 2.75) is 13.8 Å². The molecule has 0 unspecified atom stereocenters. The van der Waals surface area contributed by atoms with E-state index in [4.69, 9.17) is 17.0 Å². The lowest BCUT2D eigenvalue weighted by Gasteiger charge is -2.14. The fraction of sp³-hybridized carbons (Fsp3) is 0.176. The van der Waals surface area contributed by atoms with E-state index in [-0.39, 0.29) is 11.0 Å². The summed E-state index contributed by atoms with van der Waals surface area (Å²) in [4.78, 5) is 12.5. The number of aryl methyl sites for hydroxylation is 2. The highest BCUT2D eigenvalue weighted by Crippen LogP contribution is 2.27. The summed E-state index contributed by atoms with van der Waals surface area (Å²) >= 11 is 12.1. The summed E-state index contributed by atoms with van der Waals surface area (Å²) in [5.74, 6) is 0.195. The maximum absolute atomic E-state index is 12.5. The van der Waals surface area contributed by atoms with Gasteiger partial charge < -0.3 is 10.1 Å². The van der Waals surface area contributed by atoms with E-state index < -0.39 is 0 Å². The van der Waals surface area contributed by atoms with Crippen molar-refractivity contribution < 1.29 is 9.53 Å². The zero-order valence-corrected chi connectivity index (χ0v) is 17.4. The topological polar surface area (TPSA) is 50.4 Å². The van der Waals surface area contributed by atoms with Crippen molar-refractivity contribution in [3.05, 3.63) is 56.0 Å². The summed E-state index contributed by atoms with van der Waals surface area (Å²) in [5.41, 5.74) is 3.15. The highest BCUT2D eigenvalue weighted by molar-refractivity contribution is 9.10.